The summed E-state index contributed by atoms with van der Waals surface area (Å²) in [6.07, 6.45) is 3.44. The molecule has 0 amide bonds. The first kappa shape index (κ1) is 14.3. The first-order chi connectivity index (χ1) is 8.08. The van der Waals surface area contributed by atoms with Crippen LogP contribution in [0.1, 0.15) is 18.9 Å². The molecule has 2 unspecified atom stereocenters. The van der Waals surface area contributed by atoms with E-state index < -0.39 is 10.8 Å². The average molecular weight is 257 g/mol. The highest BCUT2D eigenvalue weighted by Gasteiger charge is 2.03. The van der Waals surface area contributed by atoms with Crippen molar-refractivity contribution in [3.05, 3.63) is 35.6 Å². The standard InChI is InChI=1S/C13H20FNOS/c1-11(15-7-4-8-17(2)16)9-12-5-3-6-13(14)10-12/h3,5-6,10-11,15H,4,7-9H2,1-2H3. The summed E-state index contributed by atoms with van der Waals surface area (Å²) in [6.45, 7) is 2.93. The SMILES string of the molecule is CC(Cc1cccc(F)c1)NCCCS(C)=O. The molecule has 0 saturated heterocycles. The second-order valence-electron chi connectivity index (χ2n) is 4.32. The molecule has 4 heteroatoms. The fourth-order valence-electron chi connectivity index (χ4n) is 1.71. The quantitative estimate of drug-likeness (QED) is 0.758. The van der Waals surface area contributed by atoms with E-state index >= 15 is 0 Å². The molecule has 1 aromatic rings. The second kappa shape index (κ2) is 7.56. The van der Waals surface area contributed by atoms with Crippen LogP contribution in [0.3, 0.4) is 0 Å². The van der Waals surface area contributed by atoms with E-state index in [-0.39, 0.29) is 5.82 Å². The van der Waals surface area contributed by atoms with Gasteiger partial charge < -0.3 is 5.32 Å². The summed E-state index contributed by atoms with van der Waals surface area (Å²) in [5.74, 6) is 0.552. The van der Waals surface area contributed by atoms with Crippen LogP contribution in [0.5, 0.6) is 0 Å². The van der Waals surface area contributed by atoms with Gasteiger partial charge in [0.1, 0.15) is 5.82 Å². The van der Waals surface area contributed by atoms with Crippen molar-refractivity contribution in [2.75, 3.05) is 18.6 Å². The predicted molar refractivity (Wildman–Crippen MR) is 71.1 cm³/mol. The highest BCUT2D eigenvalue weighted by molar-refractivity contribution is 7.84. The number of hydrogen-bond donors (Lipinski definition) is 1. The van der Waals surface area contributed by atoms with E-state index in [1.165, 1.54) is 6.07 Å². The molecule has 1 rings (SSSR count). The van der Waals surface area contributed by atoms with E-state index in [0.29, 0.717) is 6.04 Å². The minimum absolute atomic E-state index is 0.184. The van der Waals surface area contributed by atoms with E-state index in [0.717, 1.165) is 30.7 Å². The number of hydrogen-bond acceptors (Lipinski definition) is 2. The van der Waals surface area contributed by atoms with Gasteiger partial charge in [-0.15, -0.1) is 0 Å². The Kier molecular flexibility index (Phi) is 6.37. The van der Waals surface area contributed by atoms with Crippen LogP contribution in [0.4, 0.5) is 4.39 Å². The summed E-state index contributed by atoms with van der Waals surface area (Å²) in [5.41, 5.74) is 1.00. The van der Waals surface area contributed by atoms with E-state index in [4.69, 9.17) is 0 Å². The molecule has 0 aliphatic carbocycles. The van der Waals surface area contributed by atoms with Crippen LogP contribution in [0.2, 0.25) is 0 Å². The van der Waals surface area contributed by atoms with Crippen molar-refractivity contribution in [1.82, 2.24) is 5.32 Å². The van der Waals surface area contributed by atoms with Crippen LogP contribution in [0.25, 0.3) is 0 Å². The summed E-state index contributed by atoms with van der Waals surface area (Å²) in [4.78, 5) is 0. The molecule has 2 atom stereocenters. The molecule has 0 fully saturated rings. The van der Waals surface area contributed by atoms with E-state index in [2.05, 4.69) is 12.2 Å². The molecule has 0 aliphatic heterocycles. The fourth-order valence-corrected chi connectivity index (χ4v) is 2.26. The van der Waals surface area contributed by atoms with Crippen molar-refractivity contribution in [2.24, 2.45) is 0 Å². The largest absolute Gasteiger partial charge is 0.314 e. The van der Waals surface area contributed by atoms with Crippen LogP contribution in [-0.4, -0.2) is 28.8 Å². The van der Waals surface area contributed by atoms with Crippen molar-refractivity contribution >= 4 is 10.8 Å². The van der Waals surface area contributed by atoms with Gasteiger partial charge in [0.15, 0.2) is 0 Å². The Bertz CT molecular complexity index is 370. The average Bonchev–Trinajstić information content (AvgIpc) is 2.24. The lowest BCUT2D eigenvalue weighted by Crippen LogP contribution is -2.29. The van der Waals surface area contributed by atoms with Gasteiger partial charge in [-0.1, -0.05) is 12.1 Å². The van der Waals surface area contributed by atoms with Gasteiger partial charge >= 0.3 is 0 Å². The lowest BCUT2D eigenvalue weighted by atomic mass is 10.1. The van der Waals surface area contributed by atoms with Crippen LogP contribution in [0.15, 0.2) is 24.3 Å². The molecule has 1 aromatic carbocycles. The zero-order chi connectivity index (χ0) is 12.7. The van der Waals surface area contributed by atoms with Gasteiger partial charge in [0.2, 0.25) is 0 Å². The van der Waals surface area contributed by atoms with E-state index in [1.807, 2.05) is 6.07 Å². The highest BCUT2D eigenvalue weighted by Crippen LogP contribution is 2.06. The third-order valence-corrected chi connectivity index (χ3v) is 3.40. The van der Waals surface area contributed by atoms with Crippen LogP contribution >= 0.6 is 0 Å². The van der Waals surface area contributed by atoms with Crippen molar-refractivity contribution in [3.63, 3.8) is 0 Å². The van der Waals surface area contributed by atoms with Gasteiger partial charge in [-0.25, -0.2) is 4.39 Å². The highest BCUT2D eigenvalue weighted by atomic mass is 32.2. The third kappa shape index (κ3) is 6.54. The maximum atomic E-state index is 13.0. The summed E-state index contributed by atoms with van der Waals surface area (Å²) in [5, 5.41) is 3.35. The molecule has 1 N–H and O–H groups in total. The van der Waals surface area contributed by atoms with Crippen molar-refractivity contribution < 1.29 is 8.60 Å². The first-order valence-electron chi connectivity index (χ1n) is 5.86. The molecular weight excluding hydrogens is 237 g/mol. The van der Waals surface area contributed by atoms with E-state index in [1.54, 1.807) is 18.4 Å². The van der Waals surface area contributed by atoms with Crippen molar-refractivity contribution in [1.29, 1.82) is 0 Å². The van der Waals surface area contributed by atoms with Crippen LogP contribution < -0.4 is 5.32 Å². The Labute approximate surface area is 105 Å². The molecule has 0 saturated carbocycles. The molecule has 2 nitrogen and oxygen atoms in total. The Balaban J connectivity index is 2.25. The summed E-state index contributed by atoms with van der Waals surface area (Å²) in [6, 6.07) is 7.00. The van der Waals surface area contributed by atoms with Gasteiger partial charge in [0.25, 0.3) is 0 Å². The summed E-state index contributed by atoms with van der Waals surface area (Å²) >= 11 is 0. The molecule has 0 aromatic heterocycles. The molecule has 96 valence electrons. The zero-order valence-corrected chi connectivity index (χ0v) is 11.2. The van der Waals surface area contributed by atoms with Gasteiger partial charge in [-0.2, -0.15) is 0 Å². The normalized spacial score (nSPS) is 14.5. The Morgan fingerprint density at radius 2 is 2.24 bits per heavy atom. The van der Waals surface area contributed by atoms with Crippen LogP contribution in [0, 0.1) is 5.82 Å². The Hall–Kier alpha value is -0.740. The minimum Gasteiger partial charge on any atom is -0.314 e. The maximum absolute atomic E-state index is 13.0. The molecule has 17 heavy (non-hydrogen) atoms. The van der Waals surface area contributed by atoms with Gasteiger partial charge in [-0.05, 0) is 44.0 Å². The number of halogens is 1. The van der Waals surface area contributed by atoms with Gasteiger partial charge in [0, 0.05) is 28.9 Å². The summed E-state index contributed by atoms with van der Waals surface area (Å²) in [7, 11) is -0.711. The monoisotopic (exact) mass is 257 g/mol. The smallest absolute Gasteiger partial charge is 0.123 e. The number of benzene rings is 1. The minimum atomic E-state index is -0.711. The topological polar surface area (TPSA) is 29.1 Å². The third-order valence-electron chi connectivity index (χ3n) is 2.53. The molecule has 0 heterocycles. The van der Waals surface area contributed by atoms with Crippen LogP contribution in [-0.2, 0) is 17.2 Å². The fraction of sp³-hybridized carbons (Fsp3) is 0.538. The van der Waals surface area contributed by atoms with Crippen molar-refractivity contribution in [2.45, 2.75) is 25.8 Å². The van der Waals surface area contributed by atoms with Gasteiger partial charge in [0.05, 0.1) is 0 Å². The predicted octanol–water partition coefficient (Wildman–Crippen LogP) is 2.11. The molecule has 0 radical (unpaired) electrons. The number of rotatable bonds is 7. The van der Waals surface area contributed by atoms with E-state index in [9.17, 15) is 8.60 Å². The molecular formula is C13H20FNOS. The molecule has 0 spiro atoms. The Morgan fingerprint density at radius 1 is 1.47 bits per heavy atom. The molecule has 0 aliphatic rings. The first-order valence-corrected chi connectivity index (χ1v) is 7.58. The lowest BCUT2D eigenvalue weighted by Gasteiger charge is -2.13. The Morgan fingerprint density at radius 3 is 2.88 bits per heavy atom. The maximum Gasteiger partial charge on any atom is 0.123 e. The lowest BCUT2D eigenvalue weighted by molar-refractivity contribution is 0.541. The number of nitrogens with one attached hydrogen (secondary N) is 1. The second-order valence-corrected chi connectivity index (χ2v) is 5.87. The zero-order valence-electron chi connectivity index (χ0n) is 10.4. The van der Waals surface area contributed by atoms with Crippen molar-refractivity contribution in [3.8, 4) is 0 Å². The molecule has 0 bridgehead atoms. The van der Waals surface area contributed by atoms with Gasteiger partial charge in [-0.3, -0.25) is 4.21 Å². The summed E-state index contributed by atoms with van der Waals surface area (Å²) < 4.78 is 23.8.